The van der Waals surface area contributed by atoms with E-state index in [2.05, 4.69) is 4.90 Å². The van der Waals surface area contributed by atoms with Crippen LogP contribution in [0.4, 0.5) is 0 Å². The Morgan fingerprint density at radius 2 is 1.90 bits per heavy atom. The first-order valence-electron chi connectivity index (χ1n) is 6.70. The van der Waals surface area contributed by atoms with Gasteiger partial charge < -0.3 is 13.9 Å². The molecule has 0 saturated heterocycles. The van der Waals surface area contributed by atoms with Crippen LogP contribution in [0.5, 0.6) is 11.7 Å². The number of para-hydroxylation sites is 1. The van der Waals surface area contributed by atoms with Crippen LogP contribution in [0, 0.1) is 0 Å². The molecule has 0 spiro atoms. The van der Waals surface area contributed by atoms with Gasteiger partial charge in [0.05, 0.1) is 12.6 Å². The molecule has 20 heavy (non-hydrogen) atoms. The fourth-order valence-corrected chi connectivity index (χ4v) is 1.95. The summed E-state index contributed by atoms with van der Waals surface area (Å²) in [5, 5.41) is 0. The van der Waals surface area contributed by atoms with Crippen LogP contribution in [-0.4, -0.2) is 31.7 Å². The lowest BCUT2D eigenvalue weighted by molar-refractivity contribution is 0.0813. The molecule has 1 aromatic carbocycles. The molecule has 0 aliphatic heterocycles. The van der Waals surface area contributed by atoms with Crippen LogP contribution in [0.3, 0.4) is 0 Å². The second kappa shape index (κ2) is 7.12. The van der Waals surface area contributed by atoms with Gasteiger partial charge in [-0.2, -0.15) is 0 Å². The third-order valence-electron chi connectivity index (χ3n) is 3.00. The smallest absolute Gasteiger partial charge is 0.290 e. The fourth-order valence-electron chi connectivity index (χ4n) is 1.95. The zero-order valence-corrected chi connectivity index (χ0v) is 12.2. The predicted octanol–water partition coefficient (Wildman–Crippen LogP) is 3.54. The first-order chi connectivity index (χ1) is 9.67. The largest absolute Gasteiger partial charge is 0.429 e. The Labute approximate surface area is 119 Å². The molecule has 0 fully saturated rings. The summed E-state index contributed by atoms with van der Waals surface area (Å²) in [4.78, 5) is 2.15. The molecular formula is C16H21NO3. The lowest BCUT2D eigenvalue weighted by Gasteiger charge is -2.18. The van der Waals surface area contributed by atoms with Crippen LogP contribution in [0.1, 0.15) is 12.7 Å². The summed E-state index contributed by atoms with van der Waals surface area (Å²) < 4.78 is 16.5. The van der Waals surface area contributed by atoms with Gasteiger partial charge in [0.25, 0.3) is 5.95 Å². The van der Waals surface area contributed by atoms with E-state index in [1.165, 1.54) is 0 Å². The minimum atomic E-state index is 0.204. The number of likely N-dealkylation sites (N-methyl/N-ethyl adjacent to an activating group) is 1. The normalized spacial score (nSPS) is 12.6. The number of furan rings is 1. The van der Waals surface area contributed by atoms with Crippen molar-refractivity contribution in [2.45, 2.75) is 19.6 Å². The number of hydrogen-bond donors (Lipinski definition) is 0. The Morgan fingerprint density at radius 1 is 1.15 bits per heavy atom. The average Bonchev–Trinajstić information content (AvgIpc) is 2.86. The van der Waals surface area contributed by atoms with E-state index in [9.17, 15) is 0 Å². The standard InChI is InChI=1S/C16H21NO3/c1-13(18-3)11-17(2)12-15-9-10-16(20-15)19-14-7-5-4-6-8-14/h4-10,13H,11-12H2,1-3H3. The maximum absolute atomic E-state index is 5.67. The van der Waals surface area contributed by atoms with Gasteiger partial charge >= 0.3 is 0 Å². The fraction of sp³-hybridized carbons (Fsp3) is 0.375. The summed E-state index contributed by atoms with van der Waals surface area (Å²) in [5.74, 6) is 2.16. The maximum Gasteiger partial charge on any atom is 0.290 e. The van der Waals surface area contributed by atoms with E-state index in [1.54, 1.807) is 7.11 Å². The van der Waals surface area contributed by atoms with Gasteiger partial charge in [-0.05, 0) is 32.2 Å². The summed E-state index contributed by atoms with van der Waals surface area (Å²) in [6.45, 7) is 3.63. The van der Waals surface area contributed by atoms with Gasteiger partial charge in [0.2, 0.25) is 0 Å². The van der Waals surface area contributed by atoms with Gasteiger partial charge in [0.1, 0.15) is 11.5 Å². The number of benzene rings is 1. The van der Waals surface area contributed by atoms with Crippen LogP contribution in [-0.2, 0) is 11.3 Å². The third-order valence-corrected chi connectivity index (χ3v) is 3.00. The Bertz CT molecular complexity index is 509. The topological polar surface area (TPSA) is 34.8 Å². The minimum Gasteiger partial charge on any atom is -0.429 e. The van der Waals surface area contributed by atoms with Crippen molar-refractivity contribution in [3.8, 4) is 11.7 Å². The van der Waals surface area contributed by atoms with Gasteiger partial charge in [0, 0.05) is 19.7 Å². The van der Waals surface area contributed by atoms with Crippen molar-refractivity contribution in [2.75, 3.05) is 20.7 Å². The molecule has 1 atom stereocenters. The molecule has 0 aliphatic rings. The second-order valence-electron chi connectivity index (χ2n) is 4.88. The number of methoxy groups -OCH3 is 1. The Kier molecular flexibility index (Phi) is 5.21. The number of hydrogen-bond acceptors (Lipinski definition) is 4. The van der Waals surface area contributed by atoms with Gasteiger partial charge in [-0.1, -0.05) is 18.2 Å². The first-order valence-corrected chi connectivity index (χ1v) is 6.70. The highest BCUT2D eigenvalue weighted by atomic mass is 16.6. The minimum absolute atomic E-state index is 0.204. The van der Waals surface area contributed by atoms with Crippen molar-refractivity contribution >= 4 is 0 Å². The second-order valence-corrected chi connectivity index (χ2v) is 4.88. The summed E-state index contributed by atoms with van der Waals surface area (Å²) in [6.07, 6.45) is 0.204. The summed E-state index contributed by atoms with van der Waals surface area (Å²) in [7, 11) is 3.76. The highest BCUT2D eigenvalue weighted by Gasteiger charge is 2.09. The van der Waals surface area contributed by atoms with E-state index in [4.69, 9.17) is 13.9 Å². The van der Waals surface area contributed by atoms with E-state index in [-0.39, 0.29) is 6.10 Å². The lowest BCUT2D eigenvalue weighted by Crippen LogP contribution is -2.27. The van der Waals surface area contributed by atoms with E-state index >= 15 is 0 Å². The van der Waals surface area contributed by atoms with Crippen molar-refractivity contribution in [2.24, 2.45) is 0 Å². The zero-order valence-electron chi connectivity index (χ0n) is 12.2. The maximum atomic E-state index is 5.67. The summed E-state index contributed by atoms with van der Waals surface area (Å²) >= 11 is 0. The van der Waals surface area contributed by atoms with Crippen molar-refractivity contribution < 1.29 is 13.9 Å². The highest BCUT2D eigenvalue weighted by Crippen LogP contribution is 2.23. The molecule has 1 aromatic heterocycles. The van der Waals surface area contributed by atoms with Gasteiger partial charge in [-0.15, -0.1) is 0 Å². The van der Waals surface area contributed by atoms with Crippen LogP contribution < -0.4 is 4.74 Å². The Hall–Kier alpha value is -1.78. The van der Waals surface area contributed by atoms with Crippen molar-refractivity contribution in [3.05, 3.63) is 48.2 Å². The van der Waals surface area contributed by atoms with Crippen LogP contribution in [0.15, 0.2) is 46.9 Å². The number of nitrogens with zero attached hydrogens (tertiary/aromatic N) is 1. The van der Waals surface area contributed by atoms with E-state index in [0.29, 0.717) is 5.95 Å². The Balaban J connectivity index is 1.89. The van der Waals surface area contributed by atoms with Gasteiger partial charge in [-0.3, -0.25) is 4.90 Å². The van der Waals surface area contributed by atoms with Crippen LogP contribution in [0.2, 0.25) is 0 Å². The molecule has 0 saturated carbocycles. The van der Waals surface area contributed by atoms with Gasteiger partial charge in [-0.25, -0.2) is 0 Å². The number of ether oxygens (including phenoxy) is 2. The molecule has 0 aliphatic carbocycles. The first kappa shape index (κ1) is 14.6. The Morgan fingerprint density at radius 3 is 2.60 bits per heavy atom. The average molecular weight is 275 g/mol. The molecule has 1 heterocycles. The molecule has 0 amide bonds. The SMILES string of the molecule is COC(C)CN(C)Cc1ccc(Oc2ccccc2)o1. The van der Waals surface area contributed by atoms with Crippen molar-refractivity contribution in [3.63, 3.8) is 0 Å². The van der Waals surface area contributed by atoms with Crippen molar-refractivity contribution in [1.29, 1.82) is 0 Å². The van der Waals surface area contributed by atoms with E-state index in [1.807, 2.05) is 56.4 Å². The quantitative estimate of drug-likeness (QED) is 0.774. The number of rotatable bonds is 7. The summed E-state index contributed by atoms with van der Waals surface area (Å²) in [6, 6.07) is 13.4. The molecule has 0 bridgehead atoms. The van der Waals surface area contributed by atoms with Crippen LogP contribution in [0.25, 0.3) is 0 Å². The monoisotopic (exact) mass is 275 g/mol. The zero-order chi connectivity index (χ0) is 14.4. The molecule has 2 aromatic rings. The van der Waals surface area contributed by atoms with Crippen LogP contribution >= 0.6 is 0 Å². The molecule has 0 radical (unpaired) electrons. The van der Waals surface area contributed by atoms with Gasteiger partial charge in [0.15, 0.2) is 0 Å². The molecule has 4 heteroatoms. The summed E-state index contributed by atoms with van der Waals surface area (Å²) in [5.41, 5.74) is 0. The molecule has 2 rings (SSSR count). The van der Waals surface area contributed by atoms with Crippen molar-refractivity contribution in [1.82, 2.24) is 4.90 Å². The molecule has 108 valence electrons. The molecular weight excluding hydrogens is 254 g/mol. The predicted molar refractivity (Wildman–Crippen MR) is 78.0 cm³/mol. The van der Waals surface area contributed by atoms with E-state index < -0.39 is 0 Å². The van der Waals surface area contributed by atoms with E-state index in [0.717, 1.165) is 24.6 Å². The molecule has 4 nitrogen and oxygen atoms in total. The lowest BCUT2D eigenvalue weighted by atomic mass is 10.3. The molecule has 0 N–H and O–H groups in total. The third kappa shape index (κ3) is 4.40. The highest BCUT2D eigenvalue weighted by molar-refractivity contribution is 5.26. The molecule has 1 unspecified atom stereocenters.